The van der Waals surface area contributed by atoms with E-state index in [0.29, 0.717) is 30.6 Å². The van der Waals surface area contributed by atoms with Crippen molar-refractivity contribution in [1.29, 1.82) is 0 Å². The molecule has 2 amide bonds. The van der Waals surface area contributed by atoms with E-state index >= 15 is 0 Å². The Morgan fingerprint density at radius 1 is 1.28 bits per heavy atom. The number of nitrogens with one attached hydrogen (secondary N) is 2. The second-order valence-corrected chi connectivity index (χ2v) is 10.5. The molecule has 190 valence electrons. The normalized spacial score (nSPS) is 20.1. The van der Waals surface area contributed by atoms with Crippen molar-refractivity contribution in [3.8, 4) is 5.69 Å². The van der Waals surface area contributed by atoms with Crippen molar-refractivity contribution >= 4 is 23.4 Å². The number of rotatable bonds is 3. The van der Waals surface area contributed by atoms with Gasteiger partial charge in [0.15, 0.2) is 5.82 Å². The Hall–Kier alpha value is -3.26. The summed E-state index contributed by atoms with van der Waals surface area (Å²) in [5.74, 6) is -1.01. The van der Waals surface area contributed by atoms with Crippen LogP contribution in [0.15, 0.2) is 42.7 Å². The van der Waals surface area contributed by atoms with Crippen LogP contribution in [0.3, 0.4) is 0 Å². The number of hydrogen-bond acceptors (Lipinski definition) is 4. The van der Waals surface area contributed by atoms with Crippen molar-refractivity contribution in [2.75, 3.05) is 6.54 Å². The summed E-state index contributed by atoms with van der Waals surface area (Å²) in [7, 11) is 0. The number of nitrogens with zero attached hydrogens (tertiary/aromatic N) is 3. The van der Waals surface area contributed by atoms with Crippen LogP contribution in [0.1, 0.15) is 73.4 Å². The number of amides is 2. The Morgan fingerprint density at radius 2 is 2.06 bits per heavy atom. The number of fused-ring (bicyclic) bond motifs is 2. The molecule has 2 N–H and O–H groups in total. The van der Waals surface area contributed by atoms with Gasteiger partial charge in [-0.15, -0.1) is 0 Å². The zero-order valence-corrected chi connectivity index (χ0v) is 21.7. The second-order valence-electron chi connectivity index (χ2n) is 10.1. The van der Waals surface area contributed by atoms with E-state index in [4.69, 9.17) is 11.6 Å². The lowest BCUT2D eigenvalue weighted by Gasteiger charge is -2.29. The minimum absolute atomic E-state index is 0.0154. The van der Waals surface area contributed by atoms with Gasteiger partial charge in [0.2, 0.25) is 5.91 Å². The van der Waals surface area contributed by atoms with Crippen LogP contribution in [0.5, 0.6) is 0 Å². The van der Waals surface area contributed by atoms with Crippen molar-refractivity contribution < 1.29 is 14.0 Å². The minimum atomic E-state index is -0.599. The topological polar surface area (TPSA) is 88.9 Å². The molecule has 0 fully saturated rings. The van der Waals surface area contributed by atoms with Crippen molar-refractivity contribution in [3.63, 3.8) is 0 Å². The molecule has 1 aromatic carbocycles. The van der Waals surface area contributed by atoms with Crippen molar-refractivity contribution in [2.24, 2.45) is 5.92 Å². The standard InChI is InChI=1S/C27H31ClFN5O2/c1-16-7-5-9-21(22-13-18(11-12-30-22)27(3,4)15-31-25(16)35)33-26(36)19-14-32-34(17(19)2)23-10-6-8-20(28)24(23)29/h6,8,10-14,16,21H,5,7,9,15H2,1-4H3,(H,31,35)(H,33,36)/t16-,21+/m1/s1. The summed E-state index contributed by atoms with van der Waals surface area (Å²) < 4.78 is 16.0. The van der Waals surface area contributed by atoms with Crippen LogP contribution in [-0.4, -0.2) is 33.1 Å². The maximum atomic E-state index is 14.6. The zero-order valence-electron chi connectivity index (χ0n) is 20.9. The molecule has 7 nitrogen and oxygen atoms in total. The molecule has 2 atom stereocenters. The molecular formula is C27H31ClFN5O2. The van der Waals surface area contributed by atoms with Gasteiger partial charge in [-0.1, -0.05) is 44.9 Å². The summed E-state index contributed by atoms with van der Waals surface area (Å²) in [6.07, 6.45) is 5.23. The third kappa shape index (κ3) is 5.28. The lowest BCUT2D eigenvalue weighted by Crippen LogP contribution is -2.39. The Bertz CT molecular complexity index is 1290. The number of halogens is 2. The molecule has 36 heavy (non-hydrogen) atoms. The number of benzene rings is 1. The smallest absolute Gasteiger partial charge is 0.255 e. The Labute approximate surface area is 215 Å². The lowest BCUT2D eigenvalue weighted by molar-refractivity contribution is -0.125. The van der Waals surface area contributed by atoms with Gasteiger partial charge in [0.25, 0.3) is 5.91 Å². The summed E-state index contributed by atoms with van der Waals surface area (Å²) >= 11 is 5.93. The van der Waals surface area contributed by atoms with Crippen LogP contribution in [0, 0.1) is 18.7 Å². The van der Waals surface area contributed by atoms with Gasteiger partial charge >= 0.3 is 0 Å². The lowest BCUT2D eigenvalue weighted by atomic mass is 9.83. The van der Waals surface area contributed by atoms with E-state index in [1.807, 2.05) is 19.1 Å². The van der Waals surface area contributed by atoms with E-state index in [-0.39, 0.29) is 39.9 Å². The average molecular weight is 512 g/mol. The molecule has 2 aromatic heterocycles. The molecule has 2 bridgehead atoms. The summed E-state index contributed by atoms with van der Waals surface area (Å²) in [5, 5.41) is 10.4. The quantitative estimate of drug-likeness (QED) is 0.515. The summed E-state index contributed by atoms with van der Waals surface area (Å²) in [6.45, 7) is 8.29. The first-order valence-electron chi connectivity index (χ1n) is 12.1. The van der Waals surface area contributed by atoms with E-state index in [2.05, 4.69) is 34.6 Å². The number of carbonyl (C=O) groups is 2. The number of carbonyl (C=O) groups excluding carboxylic acids is 2. The molecule has 0 saturated carbocycles. The summed E-state index contributed by atoms with van der Waals surface area (Å²) in [4.78, 5) is 30.5. The van der Waals surface area contributed by atoms with Crippen LogP contribution in [-0.2, 0) is 10.2 Å². The molecule has 3 aromatic rings. The van der Waals surface area contributed by atoms with E-state index in [1.165, 1.54) is 16.9 Å². The van der Waals surface area contributed by atoms with E-state index < -0.39 is 5.82 Å². The molecule has 9 heteroatoms. The monoisotopic (exact) mass is 511 g/mol. The molecule has 3 heterocycles. The number of aromatic nitrogens is 3. The van der Waals surface area contributed by atoms with Gasteiger partial charge < -0.3 is 10.6 Å². The van der Waals surface area contributed by atoms with Crippen LogP contribution in [0.2, 0.25) is 5.02 Å². The third-order valence-electron chi connectivity index (χ3n) is 6.92. The predicted molar refractivity (Wildman–Crippen MR) is 137 cm³/mol. The number of pyridine rings is 1. The molecule has 0 saturated heterocycles. The van der Waals surface area contributed by atoms with E-state index in [1.54, 1.807) is 25.3 Å². The molecule has 0 spiro atoms. The van der Waals surface area contributed by atoms with Gasteiger partial charge in [-0.05, 0) is 49.6 Å². The molecule has 4 rings (SSSR count). The molecular weight excluding hydrogens is 481 g/mol. The van der Waals surface area contributed by atoms with Gasteiger partial charge in [0.1, 0.15) is 5.69 Å². The molecule has 1 aliphatic rings. The maximum absolute atomic E-state index is 14.6. The summed E-state index contributed by atoms with van der Waals surface area (Å²) in [6, 6.07) is 8.24. The minimum Gasteiger partial charge on any atom is -0.355 e. The second kappa shape index (κ2) is 10.4. The molecule has 1 aliphatic heterocycles. The van der Waals surface area contributed by atoms with Gasteiger partial charge in [-0.2, -0.15) is 5.10 Å². The van der Waals surface area contributed by atoms with Crippen LogP contribution < -0.4 is 10.6 Å². The Morgan fingerprint density at radius 3 is 2.83 bits per heavy atom. The maximum Gasteiger partial charge on any atom is 0.255 e. The van der Waals surface area contributed by atoms with Gasteiger partial charge in [-0.3, -0.25) is 14.6 Å². The fourth-order valence-corrected chi connectivity index (χ4v) is 4.63. The van der Waals surface area contributed by atoms with Crippen molar-refractivity contribution in [2.45, 2.75) is 58.4 Å². The molecule has 0 aliphatic carbocycles. The van der Waals surface area contributed by atoms with Crippen LogP contribution in [0.25, 0.3) is 5.69 Å². The first kappa shape index (κ1) is 25.8. The fraction of sp³-hybridized carbons (Fsp3) is 0.407. The highest BCUT2D eigenvalue weighted by Gasteiger charge is 2.27. The van der Waals surface area contributed by atoms with Crippen LogP contribution >= 0.6 is 11.6 Å². The SMILES string of the molecule is Cc1c(C(=O)N[C@H]2CCC[C@@H](C)C(=O)NCC(C)(C)c3ccnc2c3)cnn1-c1cccc(Cl)c1F. The first-order chi connectivity index (χ1) is 17.1. The van der Waals surface area contributed by atoms with Gasteiger partial charge in [-0.25, -0.2) is 9.07 Å². The van der Waals surface area contributed by atoms with Crippen molar-refractivity contribution in [1.82, 2.24) is 25.4 Å². The fourth-order valence-electron chi connectivity index (χ4n) is 4.46. The highest BCUT2D eigenvalue weighted by atomic mass is 35.5. The van der Waals surface area contributed by atoms with Gasteiger partial charge in [0, 0.05) is 24.1 Å². The molecule has 0 unspecified atom stereocenters. The van der Waals surface area contributed by atoms with E-state index in [9.17, 15) is 14.0 Å². The Kier molecular flexibility index (Phi) is 7.45. The zero-order chi connectivity index (χ0) is 26.0. The largest absolute Gasteiger partial charge is 0.355 e. The highest BCUT2D eigenvalue weighted by Crippen LogP contribution is 2.28. The predicted octanol–water partition coefficient (Wildman–Crippen LogP) is 5.05. The highest BCUT2D eigenvalue weighted by molar-refractivity contribution is 6.30. The number of hydrogen-bond donors (Lipinski definition) is 2. The van der Waals surface area contributed by atoms with Gasteiger partial charge in [0.05, 0.1) is 34.2 Å². The van der Waals surface area contributed by atoms with Crippen molar-refractivity contribution in [3.05, 3.63) is 76.1 Å². The summed E-state index contributed by atoms with van der Waals surface area (Å²) in [5.41, 5.74) is 2.49. The third-order valence-corrected chi connectivity index (χ3v) is 7.21. The van der Waals surface area contributed by atoms with Crippen LogP contribution in [0.4, 0.5) is 4.39 Å². The average Bonchev–Trinajstić information content (AvgIpc) is 3.24. The van der Waals surface area contributed by atoms with E-state index in [0.717, 1.165) is 17.7 Å². The molecule has 0 radical (unpaired) electrons. The Balaban J connectivity index is 1.64. The first-order valence-corrected chi connectivity index (χ1v) is 12.5.